The van der Waals surface area contributed by atoms with Crippen LogP contribution >= 0.6 is 0 Å². The largest absolute Gasteiger partial charge is 0.466 e. The molecule has 0 heterocycles. The molecule has 0 fully saturated rings. The summed E-state index contributed by atoms with van der Waals surface area (Å²) in [5.41, 5.74) is 0. The summed E-state index contributed by atoms with van der Waals surface area (Å²) in [6, 6.07) is 0. The zero-order valence-corrected chi connectivity index (χ0v) is 15.5. The minimum Gasteiger partial charge on any atom is -0.466 e. The molecule has 0 saturated heterocycles. The van der Waals surface area contributed by atoms with Crippen LogP contribution in [0.3, 0.4) is 0 Å². The lowest BCUT2D eigenvalue weighted by Crippen LogP contribution is -2.05. The number of rotatable bonds is 18. The lowest BCUT2D eigenvalue weighted by atomic mass is 10.1. The summed E-state index contributed by atoms with van der Waals surface area (Å²) >= 11 is 0. The molecule has 0 spiro atoms. The van der Waals surface area contributed by atoms with Gasteiger partial charge in [0, 0.05) is 13.0 Å². The summed E-state index contributed by atoms with van der Waals surface area (Å²) in [6.45, 7) is 3.13. The predicted octanol–water partition coefficient (Wildman–Crippen LogP) is 5.78. The zero-order valence-electron chi connectivity index (χ0n) is 15.5. The lowest BCUT2D eigenvalue weighted by molar-refractivity contribution is -0.143. The van der Waals surface area contributed by atoms with Crippen LogP contribution in [0, 0.1) is 0 Å². The molecule has 0 atom stereocenters. The number of ether oxygens (including phenoxy) is 1. The quantitative estimate of drug-likeness (QED) is 0.256. The summed E-state index contributed by atoms with van der Waals surface area (Å²) in [6.07, 6.45) is 18.5. The van der Waals surface area contributed by atoms with Crippen LogP contribution in [0.5, 0.6) is 0 Å². The Morgan fingerprint density at radius 1 is 0.696 bits per heavy atom. The Labute approximate surface area is 144 Å². The van der Waals surface area contributed by atoms with E-state index in [4.69, 9.17) is 9.84 Å². The number of carbonyl (C=O) groups excluding carboxylic acids is 1. The van der Waals surface area contributed by atoms with Gasteiger partial charge >= 0.3 is 5.97 Å². The average Bonchev–Trinajstić information content (AvgIpc) is 2.56. The van der Waals surface area contributed by atoms with E-state index >= 15 is 0 Å². The first kappa shape index (κ1) is 22.4. The minimum atomic E-state index is -0.0202. The first-order chi connectivity index (χ1) is 11.3. The van der Waals surface area contributed by atoms with Crippen molar-refractivity contribution in [3.05, 3.63) is 0 Å². The lowest BCUT2D eigenvalue weighted by Gasteiger charge is -2.05. The van der Waals surface area contributed by atoms with Crippen molar-refractivity contribution in [2.75, 3.05) is 13.2 Å². The van der Waals surface area contributed by atoms with Crippen LogP contribution in [0.25, 0.3) is 0 Å². The fourth-order valence-corrected chi connectivity index (χ4v) is 2.76. The van der Waals surface area contributed by atoms with E-state index in [-0.39, 0.29) is 5.97 Å². The predicted molar refractivity (Wildman–Crippen MR) is 97.6 cm³/mol. The Balaban J connectivity index is 3.13. The molecule has 3 heteroatoms. The Bertz CT molecular complexity index is 241. The van der Waals surface area contributed by atoms with Gasteiger partial charge in [0.15, 0.2) is 0 Å². The molecule has 0 aliphatic heterocycles. The fourth-order valence-electron chi connectivity index (χ4n) is 2.76. The summed E-state index contributed by atoms with van der Waals surface area (Å²) < 4.78 is 5.26. The molecular weight excluding hydrogens is 288 g/mol. The van der Waals surface area contributed by atoms with Gasteiger partial charge in [0.2, 0.25) is 0 Å². The number of hydrogen-bond acceptors (Lipinski definition) is 3. The molecule has 0 aromatic carbocycles. The van der Waals surface area contributed by atoms with Gasteiger partial charge in [-0.25, -0.2) is 0 Å². The molecule has 0 bridgehead atoms. The Morgan fingerprint density at radius 3 is 1.74 bits per heavy atom. The summed E-state index contributed by atoms with van der Waals surface area (Å²) in [5.74, 6) is -0.0202. The van der Waals surface area contributed by atoms with Gasteiger partial charge in [0.1, 0.15) is 0 Å². The average molecular weight is 329 g/mol. The number of hydrogen-bond donors (Lipinski definition) is 1. The molecule has 0 aromatic heterocycles. The van der Waals surface area contributed by atoms with Crippen molar-refractivity contribution in [3.63, 3.8) is 0 Å². The molecule has 0 radical (unpaired) electrons. The van der Waals surface area contributed by atoms with E-state index in [1.165, 1.54) is 57.8 Å². The number of esters is 1. The second-order valence-corrected chi connectivity index (χ2v) is 6.64. The normalized spacial score (nSPS) is 10.9. The van der Waals surface area contributed by atoms with E-state index in [1.54, 1.807) is 0 Å². The van der Waals surface area contributed by atoms with Crippen molar-refractivity contribution in [1.29, 1.82) is 0 Å². The van der Waals surface area contributed by atoms with Crippen molar-refractivity contribution >= 4 is 5.97 Å². The van der Waals surface area contributed by atoms with Gasteiger partial charge < -0.3 is 9.84 Å². The topological polar surface area (TPSA) is 46.5 Å². The van der Waals surface area contributed by atoms with Gasteiger partial charge in [0.25, 0.3) is 0 Å². The molecule has 1 N–H and O–H groups in total. The molecular formula is C20H40O3. The third-order valence-corrected chi connectivity index (χ3v) is 4.30. The van der Waals surface area contributed by atoms with Gasteiger partial charge in [-0.2, -0.15) is 0 Å². The van der Waals surface area contributed by atoms with Crippen LogP contribution in [0.15, 0.2) is 0 Å². The van der Waals surface area contributed by atoms with E-state index < -0.39 is 0 Å². The van der Waals surface area contributed by atoms with Crippen LogP contribution in [-0.4, -0.2) is 24.3 Å². The van der Waals surface area contributed by atoms with E-state index in [9.17, 15) is 4.79 Å². The van der Waals surface area contributed by atoms with Crippen molar-refractivity contribution in [3.8, 4) is 0 Å². The monoisotopic (exact) mass is 328 g/mol. The summed E-state index contributed by atoms with van der Waals surface area (Å²) in [7, 11) is 0. The first-order valence-corrected chi connectivity index (χ1v) is 10.1. The number of aliphatic hydroxyl groups excluding tert-OH is 1. The third kappa shape index (κ3) is 19.4. The molecule has 138 valence electrons. The molecule has 0 aliphatic rings. The van der Waals surface area contributed by atoms with Crippen LogP contribution in [0.4, 0.5) is 0 Å². The molecule has 3 nitrogen and oxygen atoms in total. The second-order valence-electron chi connectivity index (χ2n) is 6.64. The fraction of sp³-hybridized carbons (Fsp3) is 0.950. The summed E-state index contributed by atoms with van der Waals surface area (Å²) in [4.78, 5) is 11.6. The van der Waals surface area contributed by atoms with E-state index in [0.29, 0.717) is 19.6 Å². The van der Waals surface area contributed by atoms with Crippen molar-refractivity contribution in [1.82, 2.24) is 0 Å². The number of unbranched alkanes of at least 4 members (excludes halogenated alkanes) is 13. The van der Waals surface area contributed by atoms with E-state index in [0.717, 1.165) is 38.5 Å². The Morgan fingerprint density at radius 2 is 1.17 bits per heavy atom. The van der Waals surface area contributed by atoms with Gasteiger partial charge in [-0.15, -0.1) is 0 Å². The smallest absolute Gasteiger partial charge is 0.305 e. The molecule has 0 amide bonds. The van der Waals surface area contributed by atoms with Crippen LogP contribution in [0.2, 0.25) is 0 Å². The maximum atomic E-state index is 11.6. The zero-order chi connectivity index (χ0) is 17.0. The minimum absolute atomic E-state index is 0.0202. The molecule has 23 heavy (non-hydrogen) atoms. The summed E-state index contributed by atoms with van der Waals surface area (Å²) in [5, 5.41) is 8.67. The van der Waals surface area contributed by atoms with Crippen LogP contribution in [0.1, 0.15) is 110 Å². The van der Waals surface area contributed by atoms with Crippen LogP contribution < -0.4 is 0 Å². The highest BCUT2D eigenvalue weighted by Gasteiger charge is 2.02. The van der Waals surface area contributed by atoms with Gasteiger partial charge in [0.05, 0.1) is 6.61 Å². The molecule has 0 saturated carbocycles. The molecule has 0 unspecified atom stereocenters. The third-order valence-electron chi connectivity index (χ3n) is 4.30. The van der Waals surface area contributed by atoms with Crippen LogP contribution in [-0.2, 0) is 9.53 Å². The second kappa shape index (κ2) is 19.5. The van der Waals surface area contributed by atoms with Gasteiger partial charge in [-0.1, -0.05) is 84.0 Å². The van der Waals surface area contributed by atoms with Crippen molar-refractivity contribution < 1.29 is 14.6 Å². The molecule has 0 aliphatic carbocycles. The Hall–Kier alpha value is -0.570. The number of carbonyl (C=O) groups is 1. The van der Waals surface area contributed by atoms with Gasteiger partial charge in [-0.05, 0) is 19.3 Å². The highest BCUT2D eigenvalue weighted by molar-refractivity contribution is 5.69. The highest BCUT2D eigenvalue weighted by Crippen LogP contribution is 2.11. The number of aliphatic hydroxyl groups is 1. The molecule has 0 aromatic rings. The van der Waals surface area contributed by atoms with E-state index in [2.05, 4.69) is 6.92 Å². The van der Waals surface area contributed by atoms with E-state index in [1.807, 2.05) is 0 Å². The maximum Gasteiger partial charge on any atom is 0.305 e. The first-order valence-electron chi connectivity index (χ1n) is 10.1. The highest BCUT2D eigenvalue weighted by atomic mass is 16.5. The Kier molecular flexibility index (Phi) is 19.0. The van der Waals surface area contributed by atoms with Crippen molar-refractivity contribution in [2.45, 2.75) is 110 Å². The van der Waals surface area contributed by atoms with Crippen molar-refractivity contribution in [2.24, 2.45) is 0 Å². The standard InChI is InChI=1S/C20H40O3/c1-2-3-4-5-6-7-8-11-14-17-20(22)23-19-16-13-10-9-12-15-18-21/h21H,2-19H2,1H3. The molecule has 0 rings (SSSR count). The van der Waals surface area contributed by atoms with Gasteiger partial charge in [-0.3, -0.25) is 4.79 Å². The maximum absolute atomic E-state index is 11.6. The SMILES string of the molecule is CCCCCCCCCCCC(=O)OCCCCCCCCO.